The van der Waals surface area contributed by atoms with Crippen molar-refractivity contribution in [2.45, 2.75) is 13.5 Å². The Labute approximate surface area is 109 Å². The maximum Gasteiger partial charge on any atom is 0.299 e. The standard InChI is InChI=1S/C13H14FN3O2/c1-8-3-12(18)17(13(16-8)19-2)7-9-4-10(14)6-11(15)5-9/h3-6H,7,15H2,1-2H3. The molecular weight excluding hydrogens is 249 g/mol. The highest BCUT2D eigenvalue weighted by molar-refractivity contribution is 5.41. The lowest BCUT2D eigenvalue weighted by atomic mass is 10.2. The molecule has 0 spiro atoms. The number of anilines is 1. The number of methoxy groups -OCH3 is 1. The fraction of sp³-hybridized carbons (Fsp3) is 0.231. The van der Waals surface area contributed by atoms with E-state index in [0.717, 1.165) is 0 Å². The zero-order chi connectivity index (χ0) is 14.0. The van der Waals surface area contributed by atoms with Gasteiger partial charge in [-0.05, 0) is 30.7 Å². The highest BCUT2D eigenvalue weighted by atomic mass is 19.1. The third-order valence-electron chi connectivity index (χ3n) is 2.60. The number of nitrogens with zero attached hydrogens (tertiary/aromatic N) is 2. The van der Waals surface area contributed by atoms with E-state index in [1.54, 1.807) is 13.0 Å². The Morgan fingerprint density at radius 2 is 2.11 bits per heavy atom. The number of ether oxygens (including phenoxy) is 1. The molecule has 0 aliphatic heterocycles. The van der Waals surface area contributed by atoms with Crippen LogP contribution in [0.15, 0.2) is 29.1 Å². The summed E-state index contributed by atoms with van der Waals surface area (Å²) in [4.78, 5) is 16.0. The maximum absolute atomic E-state index is 13.3. The number of benzene rings is 1. The van der Waals surface area contributed by atoms with Crippen LogP contribution in [0.4, 0.5) is 10.1 Å². The number of hydrogen-bond acceptors (Lipinski definition) is 4. The first-order chi connectivity index (χ1) is 8.99. The van der Waals surface area contributed by atoms with Crippen LogP contribution in [0.1, 0.15) is 11.3 Å². The Balaban J connectivity index is 2.46. The molecule has 0 fully saturated rings. The van der Waals surface area contributed by atoms with Gasteiger partial charge in [-0.2, -0.15) is 0 Å². The van der Waals surface area contributed by atoms with E-state index in [4.69, 9.17) is 10.5 Å². The molecule has 1 heterocycles. The Bertz CT molecular complexity index is 647. The van der Waals surface area contributed by atoms with Gasteiger partial charge in [0, 0.05) is 17.4 Å². The van der Waals surface area contributed by atoms with E-state index in [-0.39, 0.29) is 18.1 Å². The first kappa shape index (κ1) is 13.1. The third-order valence-corrected chi connectivity index (χ3v) is 2.60. The highest BCUT2D eigenvalue weighted by Gasteiger charge is 2.09. The van der Waals surface area contributed by atoms with E-state index >= 15 is 0 Å². The van der Waals surface area contributed by atoms with E-state index in [1.807, 2.05) is 0 Å². The second kappa shape index (κ2) is 5.09. The molecule has 6 heteroatoms. The average Bonchev–Trinajstić information content (AvgIpc) is 2.31. The fourth-order valence-electron chi connectivity index (χ4n) is 1.85. The van der Waals surface area contributed by atoms with Crippen LogP contribution in [0.5, 0.6) is 6.01 Å². The molecule has 2 N–H and O–H groups in total. The molecule has 2 rings (SSSR count). The average molecular weight is 263 g/mol. The van der Waals surface area contributed by atoms with Crippen LogP contribution in [-0.2, 0) is 6.54 Å². The summed E-state index contributed by atoms with van der Waals surface area (Å²) >= 11 is 0. The topological polar surface area (TPSA) is 70.1 Å². The largest absolute Gasteiger partial charge is 0.468 e. The van der Waals surface area contributed by atoms with Gasteiger partial charge in [0.15, 0.2) is 0 Å². The molecule has 0 radical (unpaired) electrons. The number of nitrogens with two attached hydrogens (primary N) is 1. The lowest BCUT2D eigenvalue weighted by Gasteiger charge is -2.11. The smallest absolute Gasteiger partial charge is 0.299 e. The quantitative estimate of drug-likeness (QED) is 0.848. The van der Waals surface area contributed by atoms with Crippen LogP contribution >= 0.6 is 0 Å². The van der Waals surface area contributed by atoms with Crippen LogP contribution in [-0.4, -0.2) is 16.7 Å². The summed E-state index contributed by atoms with van der Waals surface area (Å²) in [5.41, 5.74) is 6.76. The fourth-order valence-corrected chi connectivity index (χ4v) is 1.85. The molecule has 1 aromatic carbocycles. The molecule has 1 aromatic heterocycles. The number of halogens is 1. The van der Waals surface area contributed by atoms with Gasteiger partial charge < -0.3 is 10.5 Å². The molecule has 19 heavy (non-hydrogen) atoms. The van der Waals surface area contributed by atoms with Crippen molar-refractivity contribution in [3.05, 3.63) is 51.7 Å². The molecule has 0 aliphatic carbocycles. The third kappa shape index (κ3) is 2.90. The number of aromatic nitrogens is 2. The molecule has 2 aromatic rings. The predicted octanol–water partition coefficient (Wildman–Crippen LogP) is 1.33. The minimum atomic E-state index is -0.443. The van der Waals surface area contributed by atoms with E-state index in [2.05, 4.69) is 4.98 Å². The van der Waals surface area contributed by atoms with Crippen LogP contribution in [0.25, 0.3) is 0 Å². The van der Waals surface area contributed by atoms with Crippen molar-refractivity contribution in [3.8, 4) is 6.01 Å². The van der Waals surface area contributed by atoms with Crippen molar-refractivity contribution in [2.24, 2.45) is 0 Å². The van der Waals surface area contributed by atoms with Gasteiger partial charge in [-0.1, -0.05) is 0 Å². The van der Waals surface area contributed by atoms with Crippen molar-refractivity contribution in [3.63, 3.8) is 0 Å². The summed E-state index contributed by atoms with van der Waals surface area (Å²) in [6.45, 7) is 1.85. The molecule has 0 saturated carbocycles. The molecular formula is C13H14FN3O2. The Kier molecular flexibility index (Phi) is 3.50. The zero-order valence-corrected chi connectivity index (χ0v) is 10.7. The van der Waals surface area contributed by atoms with E-state index in [9.17, 15) is 9.18 Å². The van der Waals surface area contributed by atoms with Gasteiger partial charge in [0.25, 0.3) is 11.6 Å². The van der Waals surface area contributed by atoms with Crippen molar-refractivity contribution in [1.29, 1.82) is 0 Å². The summed E-state index contributed by atoms with van der Waals surface area (Å²) < 4.78 is 19.7. The summed E-state index contributed by atoms with van der Waals surface area (Å²) in [5.74, 6) is -0.443. The monoisotopic (exact) mass is 263 g/mol. The van der Waals surface area contributed by atoms with Crippen molar-refractivity contribution in [2.75, 3.05) is 12.8 Å². The molecule has 5 nitrogen and oxygen atoms in total. The van der Waals surface area contributed by atoms with Crippen molar-refractivity contribution >= 4 is 5.69 Å². The molecule has 0 aliphatic rings. The number of aryl methyl sites for hydroxylation is 1. The first-order valence-corrected chi connectivity index (χ1v) is 5.67. The minimum Gasteiger partial charge on any atom is -0.468 e. The van der Waals surface area contributed by atoms with Gasteiger partial charge in [-0.3, -0.25) is 9.36 Å². The molecule has 0 amide bonds. The maximum atomic E-state index is 13.3. The number of hydrogen-bond donors (Lipinski definition) is 1. The predicted molar refractivity (Wildman–Crippen MR) is 69.7 cm³/mol. The van der Waals surface area contributed by atoms with Gasteiger partial charge in [-0.15, -0.1) is 0 Å². The zero-order valence-electron chi connectivity index (χ0n) is 10.7. The Morgan fingerprint density at radius 1 is 1.37 bits per heavy atom. The van der Waals surface area contributed by atoms with E-state index in [0.29, 0.717) is 16.9 Å². The van der Waals surface area contributed by atoms with Crippen molar-refractivity contribution in [1.82, 2.24) is 9.55 Å². The minimum absolute atomic E-state index is 0.150. The highest BCUT2D eigenvalue weighted by Crippen LogP contribution is 2.14. The molecule has 0 unspecified atom stereocenters. The summed E-state index contributed by atoms with van der Waals surface area (Å²) in [5, 5.41) is 0. The summed E-state index contributed by atoms with van der Waals surface area (Å²) in [7, 11) is 1.43. The van der Waals surface area contributed by atoms with E-state index < -0.39 is 5.82 Å². The van der Waals surface area contributed by atoms with Crippen LogP contribution < -0.4 is 16.0 Å². The summed E-state index contributed by atoms with van der Waals surface area (Å²) in [6.07, 6.45) is 0. The lowest BCUT2D eigenvalue weighted by Crippen LogP contribution is -2.23. The second-order valence-electron chi connectivity index (χ2n) is 4.20. The van der Waals surface area contributed by atoms with E-state index in [1.165, 1.54) is 29.9 Å². The molecule has 0 saturated heterocycles. The second-order valence-corrected chi connectivity index (χ2v) is 4.20. The van der Waals surface area contributed by atoms with Gasteiger partial charge in [0.05, 0.1) is 13.7 Å². The van der Waals surface area contributed by atoms with Gasteiger partial charge >= 0.3 is 0 Å². The molecule has 0 atom stereocenters. The Hall–Kier alpha value is -2.37. The normalized spacial score (nSPS) is 10.5. The number of rotatable bonds is 3. The Morgan fingerprint density at radius 3 is 2.74 bits per heavy atom. The van der Waals surface area contributed by atoms with Crippen LogP contribution in [0, 0.1) is 12.7 Å². The molecule has 100 valence electrons. The van der Waals surface area contributed by atoms with Gasteiger partial charge in [0.1, 0.15) is 5.82 Å². The van der Waals surface area contributed by atoms with Crippen molar-refractivity contribution < 1.29 is 9.13 Å². The molecule has 0 bridgehead atoms. The SMILES string of the molecule is COc1nc(C)cc(=O)n1Cc1cc(N)cc(F)c1. The van der Waals surface area contributed by atoms with Crippen LogP contribution in [0.3, 0.4) is 0 Å². The summed E-state index contributed by atoms with van der Waals surface area (Å²) in [6, 6.07) is 5.73. The van der Waals surface area contributed by atoms with Crippen LogP contribution in [0.2, 0.25) is 0 Å². The number of nitrogen functional groups attached to an aromatic ring is 1. The lowest BCUT2D eigenvalue weighted by molar-refractivity contribution is 0.349. The van der Waals surface area contributed by atoms with Gasteiger partial charge in [-0.25, -0.2) is 9.37 Å². The van der Waals surface area contributed by atoms with Gasteiger partial charge in [0.2, 0.25) is 0 Å². The first-order valence-electron chi connectivity index (χ1n) is 5.67.